The first-order chi connectivity index (χ1) is 11.8. The van der Waals surface area contributed by atoms with Crippen molar-refractivity contribution < 1.29 is 18.0 Å². The largest absolute Gasteiger partial charge is 0.351 e. The number of sulfone groups is 1. The molecule has 0 bridgehead atoms. The number of carbonyl (C=O) groups is 2. The number of rotatable bonds is 7. The molecule has 1 fully saturated rings. The molecule has 2 amide bonds. The van der Waals surface area contributed by atoms with Crippen molar-refractivity contribution >= 4 is 45.0 Å². The second-order valence-electron chi connectivity index (χ2n) is 5.82. The van der Waals surface area contributed by atoms with Crippen molar-refractivity contribution in [3.63, 3.8) is 0 Å². The summed E-state index contributed by atoms with van der Waals surface area (Å²) in [4.78, 5) is 26.8. The summed E-state index contributed by atoms with van der Waals surface area (Å²) in [6.07, 6.45) is 0.431. The van der Waals surface area contributed by atoms with Crippen LogP contribution < -0.4 is 5.32 Å². The average Bonchev–Trinajstić information content (AvgIpc) is 2.90. The highest BCUT2D eigenvalue weighted by molar-refractivity contribution is 8.00. The molecule has 0 spiro atoms. The number of carbonyl (C=O) groups excluding carboxylic acids is 2. The Balaban J connectivity index is 1.80. The van der Waals surface area contributed by atoms with Gasteiger partial charge in [-0.25, -0.2) is 8.42 Å². The Morgan fingerprint density at radius 3 is 2.56 bits per heavy atom. The highest BCUT2D eigenvalue weighted by atomic mass is 35.5. The van der Waals surface area contributed by atoms with E-state index < -0.39 is 9.84 Å². The van der Waals surface area contributed by atoms with Crippen LogP contribution >= 0.6 is 23.4 Å². The van der Waals surface area contributed by atoms with Crippen LogP contribution in [0.5, 0.6) is 0 Å². The lowest BCUT2D eigenvalue weighted by Crippen LogP contribution is -2.45. The van der Waals surface area contributed by atoms with Gasteiger partial charge in [-0.15, -0.1) is 11.8 Å². The number of nitrogens with zero attached hydrogens (tertiary/aromatic N) is 1. The third-order valence-electron chi connectivity index (χ3n) is 3.84. The zero-order valence-corrected chi connectivity index (χ0v) is 16.3. The summed E-state index contributed by atoms with van der Waals surface area (Å²) in [5.74, 6) is -0.164. The van der Waals surface area contributed by atoms with Gasteiger partial charge in [0, 0.05) is 22.5 Å². The molecule has 9 heteroatoms. The lowest BCUT2D eigenvalue weighted by atomic mass is 10.2. The summed E-state index contributed by atoms with van der Waals surface area (Å²) >= 11 is 7.21. The molecule has 1 atom stereocenters. The molecule has 0 radical (unpaired) electrons. The number of nitrogens with one attached hydrogen (secondary N) is 1. The maximum Gasteiger partial charge on any atom is 0.239 e. The predicted molar refractivity (Wildman–Crippen MR) is 99.6 cm³/mol. The van der Waals surface area contributed by atoms with E-state index in [4.69, 9.17) is 11.6 Å². The van der Waals surface area contributed by atoms with Gasteiger partial charge in [0.05, 0.1) is 23.8 Å². The van der Waals surface area contributed by atoms with E-state index in [0.29, 0.717) is 18.0 Å². The van der Waals surface area contributed by atoms with Crippen molar-refractivity contribution in [2.24, 2.45) is 0 Å². The number of benzene rings is 1. The zero-order chi connectivity index (χ0) is 18.4. The van der Waals surface area contributed by atoms with E-state index in [0.717, 1.165) is 4.90 Å². The summed E-state index contributed by atoms with van der Waals surface area (Å²) in [5, 5.41) is 3.34. The van der Waals surface area contributed by atoms with E-state index in [9.17, 15) is 18.0 Å². The Labute approximate surface area is 157 Å². The Kier molecular flexibility index (Phi) is 7.15. The highest BCUT2D eigenvalue weighted by Gasteiger charge is 2.29. The fourth-order valence-corrected chi connectivity index (χ4v) is 5.10. The Bertz CT molecular complexity index is 722. The van der Waals surface area contributed by atoms with Gasteiger partial charge in [0.1, 0.15) is 0 Å². The summed E-state index contributed by atoms with van der Waals surface area (Å²) in [6.45, 7) is 2.15. The summed E-state index contributed by atoms with van der Waals surface area (Å²) < 4.78 is 22.8. The molecule has 0 aromatic heterocycles. The monoisotopic (exact) mass is 404 g/mol. The normalized spacial score (nSPS) is 18.7. The van der Waals surface area contributed by atoms with Crippen molar-refractivity contribution in [1.82, 2.24) is 10.2 Å². The number of hydrogen-bond acceptors (Lipinski definition) is 5. The van der Waals surface area contributed by atoms with Crippen LogP contribution in [0.4, 0.5) is 0 Å². The zero-order valence-electron chi connectivity index (χ0n) is 13.9. The minimum Gasteiger partial charge on any atom is -0.351 e. The number of amides is 2. The summed E-state index contributed by atoms with van der Waals surface area (Å²) in [5.41, 5.74) is 0. The number of halogens is 1. The third-order valence-corrected chi connectivity index (χ3v) is 6.86. The smallest absolute Gasteiger partial charge is 0.239 e. The van der Waals surface area contributed by atoms with Crippen LogP contribution in [-0.2, 0) is 19.4 Å². The lowest BCUT2D eigenvalue weighted by molar-refractivity contribution is -0.134. The van der Waals surface area contributed by atoms with E-state index in [1.54, 1.807) is 19.1 Å². The van der Waals surface area contributed by atoms with Crippen molar-refractivity contribution in [2.45, 2.75) is 24.3 Å². The molecule has 1 aliphatic heterocycles. The number of hydrogen-bond donors (Lipinski definition) is 1. The van der Waals surface area contributed by atoms with Gasteiger partial charge in [-0.1, -0.05) is 11.6 Å². The highest BCUT2D eigenvalue weighted by Crippen LogP contribution is 2.20. The van der Waals surface area contributed by atoms with Gasteiger partial charge in [0.2, 0.25) is 11.8 Å². The van der Waals surface area contributed by atoms with Gasteiger partial charge in [0.25, 0.3) is 0 Å². The van der Waals surface area contributed by atoms with E-state index in [-0.39, 0.29) is 41.7 Å². The molecule has 6 nitrogen and oxygen atoms in total. The first-order valence-electron chi connectivity index (χ1n) is 7.95. The fraction of sp³-hybridized carbons (Fsp3) is 0.500. The van der Waals surface area contributed by atoms with Crippen molar-refractivity contribution in [3.8, 4) is 0 Å². The van der Waals surface area contributed by atoms with Gasteiger partial charge >= 0.3 is 0 Å². The maximum absolute atomic E-state index is 12.3. The van der Waals surface area contributed by atoms with E-state index in [1.807, 2.05) is 12.1 Å². The number of thioether (sulfide) groups is 1. The first-order valence-corrected chi connectivity index (χ1v) is 11.1. The summed E-state index contributed by atoms with van der Waals surface area (Å²) in [7, 11) is -3.04. The molecular weight excluding hydrogens is 384 g/mol. The molecule has 138 valence electrons. The van der Waals surface area contributed by atoms with Crippen LogP contribution in [-0.4, -0.2) is 61.5 Å². The Morgan fingerprint density at radius 1 is 1.32 bits per heavy atom. The molecule has 1 aromatic rings. The molecule has 1 aliphatic rings. The quantitative estimate of drug-likeness (QED) is 0.697. The molecule has 25 heavy (non-hydrogen) atoms. The molecule has 1 saturated heterocycles. The van der Waals surface area contributed by atoms with E-state index >= 15 is 0 Å². The van der Waals surface area contributed by atoms with Gasteiger partial charge in [0.15, 0.2) is 9.84 Å². The van der Waals surface area contributed by atoms with Crippen LogP contribution in [0.15, 0.2) is 29.2 Å². The van der Waals surface area contributed by atoms with Gasteiger partial charge in [-0.3, -0.25) is 9.59 Å². The molecule has 1 aromatic carbocycles. The first kappa shape index (κ1) is 20.1. The Hall–Kier alpha value is -1.25. The minimum absolute atomic E-state index is 0.0226. The molecule has 0 saturated carbocycles. The predicted octanol–water partition coefficient (Wildman–Crippen LogP) is 1.58. The molecule has 0 aliphatic carbocycles. The van der Waals surface area contributed by atoms with Crippen LogP contribution in [0.3, 0.4) is 0 Å². The minimum atomic E-state index is -3.04. The van der Waals surface area contributed by atoms with E-state index in [2.05, 4.69) is 5.32 Å². The molecule has 0 unspecified atom stereocenters. The molecule has 1 N–H and O–H groups in total. The fourth-order valence-electron chi connectivity index (χ4n) is 2.50. The Morgan fingerprint density at radius 2 is 2.00 bits per heavy atom. The topological polar surface area (TPSA) is 83.6 Å². The SMILES string of the molecule is CCN(CC(=O)N[C@H]1CCS(=O)(=O)C1)C(=O)CSc1ccc(Cl)cc1. The standard InChI is InChI=1S/C16H21ClN2O4S2/c1-2-19(9-15(20)18-13-7-8-25(22,23)11-13)16(21)10-24-14-5-3-12(17)4-6-14/h3-6,13H,2,7-11H2,1H3,(H,18,20)/t13-/m0/s1. The molecular formula is C16H21ClN2O4S2. The second-order valence-corrected chi connectivity index (χ2v) is 9.53. The van der Waals surface area contributed by atoms with Gasteiger partial charge < -0.3 is 10.2 Å². The van der Waals surface area contributed by atoms with Crippen molar-refractivity contribution in [2.75, 3.05) is 30.3 Å². The van der Waals surface area contributed by atoms with Crippen molar-refractivity contribution in [1.29, 1.82) is 0 Å². The van der Waals surface area contributed by atoms with Crippen LogP contribution in [0, 0.1) is 0 Å². The lowest BCUT2D eigenvalue weighted by Gasteiger charge is -2.21. The molecule has 1 heterocycles. The molecule has 2 rings (SSSR count). The van der Waals surface area contributed by atoms with Gasteiger partial charge in [-0.05, 0) is 37.6 Å². The van der Waals surface area contributed by atoms with Gasteiger partial charge in [-0.2, -0.15) is 0 Å². The maximum atomic E-state index is 12.3. The summed E-state index contributed by atoms with van der Waals surface area (Å²) in [6, 6.07) is 6.84. The van der Waals surface area contributed by atoms with Crippen molar-refractivity contribution in [3.05, 3.63) is 29.3 Å². The van der Waals surface area contributed by atoms with Crippen LogP contribution in [0.1, 0.15) is 13.3 Å². The van der Waals surface area contributed by atoms with Crippen LogP contribution in [0.2, 0.25) is 5.02 Å². The van der Waals surface area contributed by atoms with E-state index in [1.165, 1.54) is 16.7 Å². The number of likely N-dealkylation sites (N-methyl/N-ethyl adjacent to an activating group) is 1. The second kappa shape index (κ2) is 8.91. The average molecular weight is 405 g/mol. The third kappa shape index (κ3) is 6.52. The van der Waals surface area contributed by atoms with Crippen LogP contribution in [0.25, 0.3) is 0 Å².